The minimum Gasteiger partial charge on any atom is -0.420 e. The molecule has 0 spiro atoms. The van der Waals surface area contributed by atoms with E-state index >= 15 is 0 Å². The summed E-state index contributed by atoms with van der Waals surface area (Å²) in [5, 5.41) is 18.7. The molecule has 168 valence electrons. The highest BCUT2D eigenvalue weighted by atomic mass is 35.5. The molecular formula is C20H17ClF3N5O3. The van der Waals surface area contributed by atoms with Crippen LogP contribution >= 0.6 is 11.6 Å². The molecule has 32 heavy (non-hydrogen) atoms. The number of β-amino-alcohol motifs (C(OH)–C–C–N with tert-alkyl or cyclic N) is 1. The number of hydrogen-bond acceptors (Lipinski definition) is 6. The monoisotopic (exact) mass is 467 g/mol. The molecule has 12 heteroatoms. The average Bonchev–Trinajstić information content (AvgIpc) is 3.36. The molecule has 1 aliphatic heterocycles. The number of ether oxygens (including phenoxy) is 1. The van der Waals surface area contributed by atoms with Gasteiger partial charge in [0.25, 0.3) is 5.91 Å². The normalized spacial score (nSPS) is 16.3. The second-order valence-corrected chi connectivity index (χ2v) is 7.54. The minimum absolute atomic E-state index is 0.0621. The molecule has 0 saturated carbocycles. The van der Waals surface area contributed by atoms with E-state index in [1.807, 2.05) is 0 Å². The highest BCUT2D eigenvalue weighted by molar-refractivity contribution is 6.20. The van der Waals surface area contributed by atoms with E-state index < -0.39 is 23.4 Å². The lowest BCUT2D eigenvalue weighted by molar-refractivity contribution is -0.0964. The van der Waals surface area contributed by atoms with Gasteiger partial charge in [-0.15, -0.1) is 8.78 Å². The van der Waals surface area contributed by atoms with Gasteiger partial charge in [0.05, 0.1) is 17.9 Å². The Kier molecular flexibility index (Phi) is 5.94. The number of nitrogens with zero attached hydrogens (tertiary/aromatic N) is 3. The van der Waals surface area contributed by atoms with Crippen LogP contribution in [0.15, 0.2) is 42.7 Å². The van der Waals surface area contributed by atoms with E-state index in [2.05, 4.69) is 25.2 Å². The maximum absolute atomic E-state index is 14.2. The van der Waals surface area contributed by atoms with Crippen LogP contribution in [0.2, 0.25) is 0 Å². The predicted octanol–water partition coefficient (Wildman–Crippen LogP) is 3.60. The van der Waals surface area contributed by atoms with Crippen LogP contribution in [0.1, 0.15) is 16.8 Å². The van der Waals surface area contributed by atoms with Crippen LogP contribution < -0.4 is 15.0 Å². The first-order valence-electron chi connectivity index (χ1n) is 9.49. The van der Waals surface area contributed by atoms with Crippen LogP contribution in [-0.2, 0) is 0 Å². The van der Waals surface area contributed by atoms with Crippen LogP contribution in [0.3, 0.4) is 0 Å². The van der Waals surface area contributed by atoms with Crippen LogP contribution in [0.5, 0.6) is 5.75 Å². The molecule has 1 aliphatic rings. The molecule has 3 N–H and O–H groups in total. The van der Waals surface area contributed by atoms with Gasteiger partial charge in [-0.25, -0.2) is 9.37 Å². The Bertz CT molecular complexity index is 1120. The van der Waals surface area contributed by atoms with Crippen molar-refractivity contribution in [3.05, 3.63) is 54.1 Å². The van der Waals surface area contributed by atoms with Crippen molar-refractivity contribution in [2.45, 2.75) is 18.1 Å². The van der Waals surface area contributed by atoms with E-state index in [0.717, 1.165) is 6.20 Å². The zero-order chi connectivity index (χ0) is 22.9. The molecule has 1 atom stereocenters. The Morgan fingerprint density at radius 1 is 1.31 bits per heavy atom. The lowest BCUT2D eigenvalue weighted by atomic mass is 10.1. The van der Waals surface area contributed by atoms with Crippen LogP contribution in [0.4, 0.5) is 24.7 Å². The van der Waals surface area contributed by atoms with Gasteiger partial charge in [0, 0.05) is 42.1 Å². The first kappa shape index (κ1) is 21.9. The molecule has 3 aromatic rings. The van der Waals surface area contributed by atoms with Crippen molar-refractivity contribution in [1.82, 2.24) is 15.2 Å². The molecule has 1 unspecified atom stereocenters. The second-order valence-electron chi connectivity index (χ2n) is 7.10. The van der Waals surface area contributed by atoms with Crippen molar-refractivity contribution >= 4 is 29.0 Å². The number of nitrogens with one attached hydrogen (secondary N) is 2. The number of alkyl halides is 3. The number of amides is 1. The van der Waals surface area contributed by atoms with Gasteiger partial charge >= 0.3 is 5.57 Å². The topological polar surface area (TPSA) is 103 Å². The third-order valence-electron chi connectivity index (χ3n) is 4.80. The first-order valence-corrected chi connectivity index (χ1v) is 9.87. The Hall–Kier alpha value is -3.31. The maximum Gasteiger partial charge on any atom is 0.487 e. The quantitative estimate of drug-likeness (QED) is 0.479. The molecule has 0 radical (unpaired) electrons. The molecule has 2 aromatic heterocycles. The summed E-state index contributed by atoms with van der Waals surface area (Å²) in [5.41, 5.74) is -3.03. The fraction of sp³-hybridized carbons (Fsp3) is 0.250. The summed E-state index contributed by atoms with van der Waals surface area (Å²) < 4.78 is 43.9. The summed E-state index contributed by atoms with van der Waals surface area (Å²) >= 11 is 4.72. The summed E-state index contributed by atoms with van der Waals surface area (Å²) in [5.74, 6) is -0.941. The number of benzene rings is 1. The van der Waals surface area contributed by atoms with Crippen LogP contribution in [0.25, 0.3) is 11.3 Å². The molecule has 1 fully saturated rings. The molecule has 4 rings (SSSR count). The largest absolute Gasteiger partial charge is 0.487 e. The van der Waals surface area contributed by atoms with Gasteiger partial charge in [-0.2, -0.15) is 5.10 Å². The zero-order valence-corrected chi connectivity index (χ0v) is 17.1. The van der Waals surface area contributed by atoms with Gasteiger partial charge in [-0.05, 0) is 36.8 Å². The van der Waals surface area contributed by atoms with E-state index in [-0.39, 0.29) is 17.0 Å². The van der Waals surface area contributed by atoms with Crippen LogP contribution in [-0.4, -0.2) is 51.0 Å². The highest BCUT2D eigenvalue weighted by Gasteiger charge is 2.28. The summed E-state index contributed by atoms with van der Waals surface area (Å²) in [4.78, 5) is 18.9. The molecular weight excluding hydrogens is 451 g/mol. The van der Waals surface area contributed by atoms with E-state index in [4.69, 9.17) is 11.6 Å². The van der Waals surface area contributed by atoms with Crippen molar-refractivity contribution in [1.29, 1.82) is 0 Å². The van der Waals surface area contributed by atoms with Crippen molar-refractivity contribution in [2.75, 3.05) is 23.3 Å². The smallest absolute Gasteiger partial charge is 0.420 e. The lowest BCUT2D eigenvalue weighted by Gasteiger charge is -2.20. The number of H-pyrrole nitrogens is 1. The number of anilines is 2. The number of aromatic nitrogens is 3. The van der Waals surface area contributed by atoms with Crippen molar-refractivity contribution in [2.24, 2.45) is 0 Å². The molecule has 0 aliphatic carbocycles. The number of aromatic amines is 1. The van der Waals surface area contributed by atoms with Gasteiger partial charge in [0.15, 0.2) is 5.82 Å². The predicted molar refractivity (Wildman–Crippen MR) is 110 cm³/mol. The lowest BCUT2D eigenvalue weighted by Crippen LogP contribution is -2.23. The molecule has 8 nitrogen and oxygen atoms in total. The third kappa shape index (κ3) is 4.94. The van der Waals surface area contributed by atoms with Gasteiger partial charge in [-0.1, -0.05) is 0 Å². The van der Waals surface area contributed by atoms with Gasteiger partial charge in [0.1, 0.15) is 17.3 Å². The first-order chi connectivity index (χ1) is 15.2. The Morgan fingerprint density at radius 2 is 2.06 bits per heavy atom. The molecule has 3 heterocycles. The fourth-order valence-electron chi connectivity index (χ4n) is 3.36. The average molecular weight is 468 g/mol. The zero-order valence-electron chi connectivity index (χ0n) is 16.4. The Morgan fingerprint density at radius 3 is 2.66 bits per heavy atom. The number of pyridine rings is 1. The number of hydrogen-bond donors (Lipinski definition) is 3. The molecule has 1 aromatic carbocycles. The Labute approximate surface area is 185 Å². The van der Waals surface area contributed by atoms with E-state index in [0.29, 0.717) is 36.6 Å². The van der Waals surface area contributed by atoms with E-state index in [1.54, 1.807) is 4.90 Å². The number of halogens is 4. The number of aliphatic hydroxyl groups excluding tert-OH is 1. The number of carbonyl (C=O) groups excluding carboxylic acids is 1. The summed E-state index contributed by atoms with van der Waals surface area (Å²) in [6, 6.07) is 6.62. The molecule has 0 bridgehead atoms. The standard InChI is InChI=1S/C20H17ClF3N5O3/c21-20(23,24)32-14-3-1-12(2-4-14)27-19(31)11-7-15(17-16(22)9-26-28-17)18(25-8-11)29-6-5-13(30)10-29/h1-4,7-9,13,30H,5-6,10H2,(H,26,28)(H,27,31). The summed E-state index contributed by atoms with van der Waals surface area (Å²) in [6.45, 7) is 0.856. The molecule has 1 saturated heterocycles. The van der Waals surface area contributed by atoms with Crippen molar-refractivity contribution in [3.8, 4) is 17.0 Å². The third-order valence-corrected chi connectivity index (χ3v) is 4.88. The number of carbonyl (C=O) groups is 1. The van der Waals surface area contributed by atoms with E-state index in [1.165, 1.54) is 36.5 Å². The number of rotatable bonds is 6. The van der Waals surface area contributed by atoms with Gasteiger partial charge in [0.2, 0.25) is 0 Å². The second kappa shape index (κ2) is 8.67. The maximum atomic E-state index is 14.2. The van der Waals surface area contributed by atoms with Gasteiger partial charge in [-0.3, -0.25) is 9.89 Å². The van der Waals surface area contributed by atoms with Crippen molar-refractivity contribution < 1.29 is 27.8 Å². The Balaban J connectivity index is 1.58. The SMILES string of the molecule is O=C(Nc1ccc(OC(F)(F)Cl)cc1)c1cnc(N2CCC(O)C2)c(-c2[nH]ncc2F)c1. The summed E-state index contributed by atoms with van der Waals surface area (Å²) in [7, 11) is 0. The van der Waals surface area contributed by atoms with Crippen LogP contribution in [0, 0.1) is 5.82 Å². The van der Waals surface area contributed by atoms with Crippen molar-refractivity contribution in [3.63, 3.8) is 0 Å². The van der Waals surface area contributed by atoms with Gasteiger partial charge < -0.3 is 20.1 Å². The fourth-order valence-corrected chi connectivity index (χ4v) is 3.44. The summed E-state index contributed by atoms with van der Waals surface area (Å²) in [6.07, 6.45) is 2.37. The van der Waals surface area contributed by atoms with E-state index in [9.17, 15) is 23.1 Å². The number of aliphatic hydroxyl groups is 1. The minimum atomic E-state index is -3.85. The highest BCUT2D eigenvalue weighted by Crippen LogP contribution is 2.32. The molecule has 1 amide bonds.